The first-order chi connectivity index (χ1) is 8.40. The molecule has 0 aliphatic heterocycles. The lowest BCUT2D eigenvalue weighted by molar-refractivity contribution is -0.123. The summed E-state index contributed by atoms with van der Waals surface area (Å²) < 4.78 is 10.4. The van der Waals surface area contributed by atoms with E-state index < -0.39 is 11.4 Å². The number of methoxy groups -OCH3 is 2. The quantitative estimate of drug-likeness (QED) is 0.794. The van der Waals surface area contributed by atoms with Gasteiger partial charge in [-0.1, -0.05) is 6.07 Å². The monoisotopic (exact) mass is 252 g/mol. The fourth-order valence-electron chi connectivity index (χ4n) is 1.40. The first-order valence-electron chi connectivity index (χ1n) is 5.66. The van der Waals surface area contributed by atoms with Crippen LogP contribution in [0.4, 0.5) is 0 Å². The van der Waals surface area contributed by atoms with E-state index in [0.717, 1.165) is 11.3 Å². The van der Waals surface area contributed by atoms with Crippen LogP contribution < -0.4 is 20.5 Å². The smallest absolute Gasteiger partial charge is 0.237 e. The minimum atomic E-state index is -0.759. The van der Waals surface area contributed by atoms with E-state index in [1.807, 2.05) is 12.1 Å². The van der Waals surface area contributed by atoms with Crippen molar-refractivity contribution in [2.24, 2.45) is 5.73 Å². The van der Waals surface area contributed by atoms with Gasteiger partial charge in [-0.2, -0.15) is 0 Å². The molecule has 0 fully saturated rings. The number of ether oxygens (including phenoxy) is 2. The van der Waals surface area contributed by atoms with Gasteiger partial charge in [0.15, 0.2) is 0 Å². The van der Waals surface area contributed by atoms with E-state index >= 15 is 0 Å². The summed E-state index contributed by atoms with van der Waals surface area (Å²) >= 11 is 0. The Kier molecular flexibility index (Phi) is 4.55. The van der Waals surface area contributed by atoms with Gasteiger partial charge < -0.3 is 15.2 Å². The Balaban J connectivity index is 2.82. The summed E-state index contributed by atoms with van der Waals surface area (Å²) in [7, 11) is 3.19. The fourth-order valence-corrected chi connectivity index (χ4v) is 1.40. The molecule has 0 saturated carbocycles. The van der Waals surface area contributed by atoms with Crippen LogP contribution in [0, 0.1) is 0 Å². The number of amides is 1. The summed E-state index contributed by atoms with van der Waals surface area (Å²) in [4.78, 5) is 11.2. The highest BCUT2D eigenvalue weighted by atomic mass is 16.5. The van der Waals surface area contributed by atoms with E-state index in [1.165, 1.54) is 0 Å². The van der Waals surface area contributed by atoms with Crippen molar-refractivity contribution in [2.75, 3.05) is 14.2 Å². The molecule has 1 aromatic carbocycles. The molecule has 0 unspecified atom stereocenters. The number of rotatable bonds is 6. The van der Waals surface area contributed by atoms with Gasteiger partial charge in [-0.25, -0.2) is 0 Å². The van der Waals surface area contributed by atoms with Crippen molar-refractivity contribution in [3.05, 3.63) is 23.8 Å². The van der Waals surface area contributed by atoms with Gasteiger partial charge in [-0.3, -0.25) is 10.1 Å². The molecule has 18 heavy (non-hydrogen) atoms. The van der Waals surface area contributed by atoms with Crippen molar-refractivity contribution >= 4 is 5.91 Å². The summed E-state index contributed by atoms with van der Waals surface area (Å²) in [6.45, 7) is 3.97. The Morgan fingerprint density at radius 2 is 2.00 bits per heavy atom. The van der Waals surface area contributed by atoms with Gasteiger partial charge in [0.05, 0.1) is 19.8 Å². The summed E-state index contributed by atoms with van der Waals surface area (Å²) in [6, 6.07) is 5.53. The number of carbonyl (C=O) groups excluding carboxylic acids is 1. The number of hydrogen-bond acceptors (Lipinski definition) is 4. The molecule has 1 amide bonds. The Morgan fingerprint density at radius 3 is 2.50 bits per heavy atom. The summed E-state index contributed by atoms with van der Waals surface area (Å²) in [5, 5.41) is 3.09. The molecular weight excluding hydrogens is 232 g/mol. The summed E-state index contributed by atoms with van der Waals surface area (Å²) in [6.07, 6.45) is 0. The molecule has 5 nitrogen and oxygen atoms in total. The predicted molar refractivity (Wildman–Crippen MR) is 69.7 cm³/mol. The molecule has 5 heteroatoms. The zero-order valence-corrected chi connectivity index (χ0v) is 11.2. The van der Waals surface area contributed by atoms with Crippen LogP contribution in [0.15, 0.2) is 18.2 Å². The maximum atomic E-state index is 11.2. The maximum Gasteiger partial charge on any atom is 0.237 e. The van der Waals surface area contributed by atoms with Gasteiger partial charge in [0.25, 0.3) is 0 Å². The predicted octanol–water partition coefficient (Wildman–Crippen LogP) is 1.06. The highest BCUT2D eigenvalue weighted by molar-refractivity contribution is 5.83. The molecule has 100 valence electrons. The first kappa shape index (κ1) is 14.3. The lowest BCUT2D eigenvalue weighted by Crippen LogP contribution is -2.50. The van der Waals surface area contributed by atoms with E-state index in [2.05, 4.69) is 5.32 Å². The Hall–Kier alpha value is -1.75. The summed E-state index contributed by atoms with van der Waals surface area (Å²) in [5.74, 6) is 1.04. The highest BCUT2D eigenvalue weighted by Crippen LogP contribution is 2.24. The maximum absolute atomic E-state index is 11.2. The molecule has 0 radical (unpaired) electrons. The van der Waals surface area contributed by atoms with E-state index in [1.54, 1.807) is 34.1 Å². The highest BCUT2D eigenvalue weighted by Gasteiger charge is 2.24. The van der Waals surface area contributed by atoms with E-state index in [9.17, 15) is 4.79 Å². The van der Waals surface area contributed by atoms with Crippen molar-refractivity contribution in [1.29, 1.82) is 0 Å². The first-order valence-corrected chi connectivity index (χ1v) is 5.66. The number of primary amides is 1. The van der Waals surface area contributed by atoms with Crippen LogP contribution in [0.3, 0.4) is 0 Å². The number of nitrogens with one attached hydrogen (secondary N) is 1. The molecule has 0 aliphatic carbocycles. The van der Waals surface area contributed by atoms with Crippen LogP contribution >= 0.6 is 0 Å². The normalized spacial score (nSPS) is 11.1. The molecule has 0 saturated heterocycles. The zero-order valence-electron chi connectivity index (χ0n) is 11.2. The molecule has 0 aromatic heterocycles. The van der Waals surface area contributed by atoms with Crippen molar-refractivity contribution < 1.29 is 14.3 Å². The van der Waals surface area contributed by atoms with E-state index in [0.29, 0.717) is 12.3 Å². The molecule has 0 heterocycles. The van der Waals surface area contributed by atoms with Crippen LogP contribution in [0.5, 0.6) is 11.5 Å². The van der Waals surface area contributed by atoms with Crippen molar-refractivity contribution in [3.63, 3.8) is 0 Å². The molecule has 3 N–H and O–H groups in total. The minimum absolute atomic E-state index is 0.394. The van der Waals surface area contributed by atoms with Crippen LogP contribution in [-0.4, -0.2) is 25.7 Å². The van der Waals surface area contributed by atoms with Crippen molar-refractivity contribution in [3.8, 4) is 11.5 Å². The van der Waals surface area contributed by atoms with E-state index in [4.69, 9.17) is 15.2 Å². The van der Waals surface area contributed by atoms with E-state index in [-0.39, 0.29) is 0 Å². The van der Waals surface area contributed by atoms with Crippen molar-refractivity contribution in [1.82, 2.24) is 5.32 Å². The van der Waals surface area contributed by atoms with Gasteiger partial charge in [0.2, 0.25) is 5.91 Å². The van der Waals surface area contributed by atoms with Gasteiger partial charge in [0, 0.05) is 18.2 Å². The third-order valence-corrected chi connectivity index (χ3v) is 2.83. The molecular formula is C13H20N2O3. The molecule has 1 aromatic rings. The van der Waals surface area contributed by atoms with Gasteiger partial charge in [-0.05, 0) is 19.9 Å². The number of nitrogens with two attached hydrogens (primary N) is 1. The minimum Gasteiger partial charge on any atom is -0.497 e. The molecule has 0 atom stereocenters. The van der Waals surface area contributed by atoms with Crippen LogP contribution in [0.2, 0.25) is 0 Å². The molecule has 0 bridgehead atoms. The SMILES string of the molecule is COc1ccc(CNC(C)(C)C(N)=O)c(OC)c1. The lowest BCUT2D eigenvalue weighted by Gasteiger charge is -2.23. The van der Waals surface area contributed by atoms with Gasteiger partial charge >= 0.3 is 0 Å². The number of carbonyl (C=O) groups is 1. The van der Waals surface area contributed by atoms with Crippen LogP contribution in [0.25, 0.3) is 0 Å². The zero-order chi connectivity index (χ0) is 13.8. The van der Waals surface area contributed by atoms with Gasteiger partial charge in [-0.15, -0.1) is 0 Å². The molecule has 0 spiro atoms. The second-order valence-corrected chi connectivity index (χ2v) is 4.52. The number of benzene rings is 1. The summed E-state index contributed by atoms with van der Waals surface area (Å²) in [5.41, 5.74) is 5.48. The Labute approximate surface area is 107 Å². The standard InChI is InChI=1S/C13H20N2O3/c1-13(2,12(14)16)15-8-9-5-6-10(17-3)7-11(9)18-4/h5-7,15H,8H2,1-4H3,(H2,14,16). The molecule has 1 rings (SSSR count). The lowest BCUT2D eigenvalue weighted by atomic mass is 10.0. The average Bonchev–Trinajstić information content (AvgIpc) is 2.35. The molecule has 0 aliphatic rings. The Bertz CT molecular complexity index is 430. The van der Waals surface area contributed by atoms with Crippen LogP contribution in [0.1, 0.15) is 19.4 Å². The second-order valence-electron chi connectivity index (χ2n) is 4.52. The number of hydrogen-bond donors (Lipinski definition) is 2. The second kappa shape index (κ2) is 5.73. The average molecular weight is 252 g/mol. The third-order valence-electron chi connectivity index (χ3n) is 2.83. The van der Waals surface area contributed by atoms with Crippen molar-refractivity contribution in [2.45, 2.75) is 25.9 Å². The van der Waals surface area contributed by atoms with Gasteiger partial charge in [0.1, 0.15) is 11.5 Å². The van der Waals surface area contributed by atoms with Crippen LogP contribution in [-0.2, 0) is 11.3 Å². The Morgan fingerprint density at radius 1 is 1.33 bits per heavy atom. The fraction of sp³-hybridized carbons (Fsp3) is 0.462. The topological polar surface area (TPSA) is 73.6 Å². The third kappa shape index (κ3) is 3.37. The largest absolute Gasteiger partial charge is 0.497 e.